The van der Waals surface area contributed by atoms with Gasteiger partial charge >= 0.3 is 5.76 Å². The molecule has 0 saturated carbocycles. The van der Waals surface area contributed by atoms with Gasteiger partial charge in [0.2, 0.25) is 5.91 Å². The highest BCUT2D eigenvalue weighted by Crippen LogP contribution is 2.13. The topological polar surface area (TPSA) is 55.5 Å². The molecule has 0 fully saturated rings. The molecule has 0 saturated heterocycles. The van der Waals surface area contributed by atoms with Crippen molar-refractivity contribution in [1.82, 2.24) is 9.47 Å². The van der Waals surface area contributed by atoms with E-state index in [1.165, 1.54) is 12.1 Å². The van der Waals surface area contributed by atoms with Crippen LogP contribution in [0.25, 0.3) is 11.1 Å². The summed E-state index contributed by atoms with van der Waals surface area (Å²) in [7, 11) is 1.71. The minimum Gasteiger partial charge on any atom is -0.408 e. The van der Waals surface area contributed by atoms with E-state index in [1.54, 1.807) is 34.7 Å². The largest absolute Gasteiger partial charge is 0.419 e. The van der Waals surface area contributed by atoms with E-state index < -0.39 is 5.76 Å². The van der Waals surface area contributed by atoms with Crippen LogP contribution in [0.2, 0.25) is 0 Å². The molecular formula is C19H19FN2O3. The van der Waals surface area contributed by atoms with E-state index in [4.69, 9.17) is 4.42 Å². The van der Waals surface area contributed by atoms with Crippen molar-refractivity contribution in [3.05, 3.63) is 70.5 Å². The molecule has 1 heterocycles. The molecule has 5 nitrogen and oxygen atoms in total. The third kappa shape index (κ3) is 3.96. The molecule has 0 N–H and O–H groups in total. The number of hydrogen-bond acceptors (Lipinski definition) is 3. The Labute approximate surface area is 144 Å². The van der Waals surface area contributed by atoms with Crippen molar-refractivity contribution in [2.75, 3.05) is 7.05 Å². The van der Waals surface area contributed by atoms with E-state index in [9.17, 15) is 14.0 Å². The summed E-state index contributed by atoms with van der Waals surface area (Å²) in [6, 6.07) is 13.3. The van der Waals surface area contributed by atoms with E-state index in [2.05, 4.69) is 0 Å². The highest BCUT2D eigenvalue weighted by Gasteiger charge is 2.12. The summed E-state index contributed by atoms with van der Waals surface area (Å²) in [5.74, 6) is -0.728. The predicted octanol–water partition coefficient (Wildman–Crippen LogP) is 3.17. The second kappa shape index (κ2) is 7.34. The van der Waals surface area contributed by atoms with Gasteiger partial charge in [0.05, 0.1) is 5.52 Å². The van der Waals surface area contributed by atoms with Crippen molar-refractivity contribution in [1.29, 1.82) is 0 Å². The normalized spacial score (nSPS) is 11.0. The second-order valence-electron chi connectivity index (χ2n) is 5.97. The van der Waals surface area contributed by atoms with Crippen LogP contribution in [0.3, 0.4) is 0 Å². The molecule has 6 heteroatoms. The third-order valence-electron chi connectivity index (χ3n) is 4.10. The van der Waals surface area contributed by atoms with Crippen LogP contribution in [0.15, 0.2) is 57.7 Å². The average molecular weight is 342 g/mol. The Morgan fingerprint density at radius 2 is 1.88 bits per heavy atom. The van der Waals surface area contributed by atoms with Crippen molar-refractivity contribution in [2.24, 2.45) is 0 Å². The average Bonchev–Trinajstić information content (AvgIpc) is 2.92. The van der Waals surface area contributed by atoms with Crippen molar-refractivity contribution < 1.29 is 13.6 Å². The van der Waals surface area contributed by atoms with E-state index >= 15 is 0 Å². The molecule has 0 unspecified atom stereocenters. The van der Waals surface area contributed by atoms with Crippen LogP contribution >= 0.6 is 0 Å². The first-order chi connectivity index (χ1) is 12.0. The quantitative estimate of drug-likeness (QED) is 0.691. The lowest BCUT2D eigenvalue weighted by molar-refractivity contribution is -0.130. The van der Waals surface area contributed by atoms with Gasteiger partial charge in [-0.3, -0.25) is 9.36 Å². The summed E-state index contributed by atoms with van der Waals surface area (Å²) in [5, 5.41) is 0. The molecular weight excluding hydrogens is 323 g/mol. The fraction of sp³-hybridized carbons (Fsp3) is 0.263. The summed E-state index contributed by atoms with van der Waals surface area (Å²) in [6.07, 6.45) is 0.861. The van der Waals surface area contributed by atoms with E-state index in [0.717, 1.165) is 11.1 Å². The lowest BCUT2D eigenvalue weighted by Gasteiger charge is -2.17. The van der Waals surface area contributed by atoms with Crippen LogP contribution in [0, 0.1) is 5.82 Å². The van der Waals surface area contributed by atoms with E-state index in [0.29, 0.717) is 31.5 Å². The molecule has 0 aliphatic heterocycles. The van der Waals surface area contributed by atoms with Gasteiger partial charge in [-0.25, -0.2) is 9.18 Å². The lowest BCUT2D eigenvalue weighted by atomic mass is 10.2. The number of oxazole rings is 1. The zero-order valence-corrected chi connectivity index (χ0v) is 13.9. The van der Waals surface area contributed by atoms with Gasteiger partial charge < -0.3 is 9.32 Å². The summed E-state index contributed by atoms with van der Waals surface area (Å²) in [4.78, 5) is 25.7. The van der Waals surface area contributed by atoms with Gasteiger partial charge in [0.1, 0.15) is 5.82 Å². The molecule has 3 rings (SSSR count). The van der Waals surface area contributed by atoms with Crippen LogP contribution in [-0.4, -0.2) is 22.4 Å². The van der Waals surface area contributed by atoms with Gasteiger partial charge in [0.15, 0.2) is 5.58 Å². The standard InChI is InChI=1S/C19H19FN2O3/c1-21(13-14-8-10-15(20)11-9-14)18(23)7-4-12-22-16-5-2-3-6-17(16)25-19(22)24/h2-3,5-6,8-11H,4,7,12-13H2,1H3. The van der Waals surface area contributed by atoms with Crippen molar-refractivity contribution >= 4 is 17.0 Å². The SMILES string of the molecule is CN(Cc1ccc(F)cc1)C(=O)CCCn1c(=O)oc2ccccc21. The Bertz CT molecular complexity index is 928. The van der Waals surface area contributed by atoms with Gasteiger partial charge in [-0.2, -0.15) is 0 Å². The fourth-order valence-electron chi connectivity index (χ4n) is 2.76. The van der Waals surface area contributed by atoms with Crippen molar-refractivity contribution in [2.45, 2.75) is 25.9 Å². The zero-order valence-electron chi connectivity index (χ0n) is 13.9. The molecule has 0 atom stereocenters. The Morgan fingerprint density at radius 1 is 1.16 bits per heavy atom. The Morgan fingerprint density at radius 3 is 2.64 bits per heavy atom. The van der Waals surface area contributed by atoms with Gasteiger partial charge in [0.25, 0.3) is 0 Å². The number of carbonyl (C=O) groups is 1. The highest BCUT2D eigenvalue weighted by atomic mass is 19.1. The first-order valence-electron chi connectivity index (χ1n) is 8.11. The molecule has 0 aliphatic rings. The van der Waals surface area contributed by atoms with Gasteiger partial charge in [0, 0.05) is 26.6 Å². The number of nitrogens with zero attached hydrogens (tertiary/aromatic N) is 2. The monoisotopic (exact) mass is 342 g/mol. The number of hydrogen-bond donors (Lipinski definition) is 0. The maximum atomic E-state index is 12.9. The maximum Gasteiger partial charge on any atom is 0.419 e. The molecule has 0 aliphatic carbocycles. The van der Waals surface area contributed by atoms with Crippen LogP contribution in [0.1, 0.15) is 18.4 Å². The predicted molar refractivity (Wildman–Crippen MR) is 92.6 cm³/mol. The number of aryl methyl sites for hydroxylation is 1. The van der Waals surface area contributed by atoms with Crippen molar-refractivity contribution in [3.8, 4) is 0 Å². The Balaban J connectivity index is 1.56. The molecule has 3 aromatic rings. The molecule has 25 heavy (non-hydrogen) atoms. The van der Waals surface area contributed by atoms with Crippen LogP contribution in [0.4, 0.5) is 4.39 Å². The molecule has 1 aromatic heterocycles. The first-order valence-corrected chi connectivity index (χ1v) is 8.11. The minimum atomic E-state index is -0.409. The van der Waals surface area contributed by atoms with Crippen LogP contribution in [-0.2, 0) is 17.9 Å². The number of para-hydroxylation sites is 2. The smallest absolute Gasteiger partial charge is 0.408 e. The zero-order chi connectivity index (χ0) is 17.8. The fourth-order valence-corrected chi connectivity index (χ4v) is 2.76. The van der Waals surface area contributed by atoms with E-state index in [1.807, 2.05) is 18.2 Å². The molecule has 0 spiro atoms. The summed E-state index contributed by atoms with van der Waals surface area (Å²) >= 11 is 0. The third-order valence-corrected chi connectivity index (χ3v) is 4.10. The number of carbonyl (C=O) groups excluding carboxylic acids is 1. The number of fused-ring (bicyclic) bond motifs is 1. The Hall–Kier alpha value is -2.89. The molecule has 0 bridgehead atoms. The number of amides is 1. The minimum absolute atomic E-state index is 0.0230. The number of benzene rings is 2. The first kappa shape index (κ1) is 17.0. The molecule has 0 radical (unpaired) electrons. The number of halogens is 1. The van der Waals surface area contributed by atoms with E-state index in [-0.39, 0.29) is 11.7 Å². The van der Waals surface area contributed by atoms with Gasteiger partial charge in [-0.15, -0.1) is 0 Å². The lowest BCUT2D eigenvalue weighted by Crippen LogP contribution is -2.26. The molecule has 2 aromatic carbocycles. The Kier molecular flexibility index (Phi) is 4.97. The van der Waals surface area contributed by atoms with Crippen LogP contribution < -0.4 is 5.76 Å². The maximum absolute atomic E-state index is 12.9. The number of rotatable bonds is 6. The van der Waals surface area contributed by atoms with Crippen LogP contribution in [0.5, 0.6) is 0 Å². The number of aromatic nitrogens is 1. The molecule has 1 amide bonds. The summed E-state index contributed by atoms with van der Waals surface area (Å²) in [6.45, 7) is 0.847. The summed E-state index contributed by atoms with van der Waals surface area (Å²) in [5.41, 5.74) is 2.15. The summed E-state index contributed by atoms with van der Waals surface area (Å²) < 4.78 is 19.6. The second-order valence-corrected chi connectivity index (χ2v) is 5.97. The highest BCUT2D eigenvalue weighted by molar-refractivity contribution is 5.76. The van der Waals surface area contributed by atoms with Crippen molar-refractivity contribution in [3.63, 3.8) is 0 Å². The molecule has 130 valence electrons. The van der Waals surface area contributed by atoms with Gasteiger partial charge in [-0.05, 0) is 36.2 Å². The van der Waals surface area contributed by atoms with Gasteiger partial charge in [-0.1, -0.05) is 24.3 Å².